The molecule has 2 aliphatic rings. The fourth-order valence-electron chi connectivity index (χ4n) is 4.12. The zero-order chi connectivity index (χ0) is 19.6. The third-order valence-corrected chi connectivity index (χ3v) is 7.68. The van der Waals surface area contributed by atoms with Crippen molar-refractivity contribution in [1.29, 1.82) is 0 Å². The Hall–Kier alpha value is -2.12. The maximum absolute atomic E-state index is 13.0. The van der Waals surface area contributed by atoms with Gasteiger partial charge in [0.2, 0.25) is 15.9 Å². The first-order valence-corrected chi connectivity index (χ1v) is 11.4. The Kier molecular flexibility index (Phi) is 5.55. The van der Waals surface area contributed by atoms with Crippen LogP contribution in [0.15, 0.2) is 45.9 Å². The van der Waals surface area contributed by atoms with Crippen molar-refractivity contribution in [2.75, 3.05) is 19.6 Å². The summed E-state index contributed by atoms with van der Waals surface area (Å²) in [5.41, 5.74) is 2.43. The van der Waals surface area contributed by atoms with Crippen molar-refractivity contribution < 1.29 is 17.6 Å². The monoisotopic (exact) mass is 402 g/mol. The third kappa shape index (κ3) is 4.00. The molecule has 7 heteroatoms. The molecule has 0 saturated carbocycles. The molecule has 0 bridgehead atoms. The van der Waals surface area contributed by atoms with Gasteiger partial charge in [-0.3, -0.25) is 4.79 Å². The lowest BCUT2D eigenvalue weighted by Crippen LogP contribution is -2.43. The van der Waals surface area contributed by atoms with Crippen LogP contribution in [0.3, 0.4) is 0 Å². The maximum atomic E-state index is 13.0. The molecule has 1 aliphatic heterocycles. The average molecular weight is 403 g/mol. The number of rotatable bonds is 6. The zero-order valence-corrected chi connectivity index (χ0v) is 16.7. The van der Waals surface area contributed by atoms with Crippen LogP contribution in [-0.2, 0) is 34.1 Å². The minimum Gasteiger partial charge on any atom is -0.469 e. The van der Waals surface area contributed by atoms with Crippen molar-refractivity contribution in [3.8, 4) is 0 Å². The van der Waals surface area contributed by atoms with E-state index in [0.29, 0.717) is 43.8 Å². The summed E-state index contributed by atoms with van der Waals surface area (Å²) >= 11 is 0. The maximum Gasteiger partial charge on any atom is 0.243 e. The molecule has 1 aromatic heterocycles. The Morgan fingerprint density at radius 2 is 1.93 bits per heavy atom. The zero-order valence-electron chi connectivity index (χ0n) is 15.9. The summed E-state index contributed by atoms with van der Waals surface area (Å²) < 4.78 is 32.7. The fourth-order valence-corrected chi connectivity index (χ4v) is 5.65. The molecule has 150 valence electrons. The molecule has 1 aliphatic carbocycles. The van der Waals surface area contributed by atoms with E-state index in [9.17, 15) is 13.2 Å². The quantitative estimate of drug-likeness (QED) is 0.805. The highest BCUT2D eigenvalue weighted by atomic mass is 32.2. The molecular formula is C21H26N2O4S. The van der Waals surface area contributed by atoms with E-state index in [-0.39, 0.29) is 11.8 Å². The van der Waals surface area contributed by atoms with Crippen molar-refractivity contribution in [2.45, 2.75) is 43.4 Å². The molecule has 1 N–H and O–H groups in total. The molecule has 0 radical (unpaired) electrons. The predicted octanol–water partition coefficient (Wildman–Crippen LogP) is 2.53. The molecule has 1 aromatic carbocycles. The summed E-state index contributed by atoms with van der Waals surface area (Å²) in [5, 5.41) is 2.94. The molecule has 0 unspecified atom stereocenters. The Morgan fingerprint density at radius 1 is 1.14 bits per heavy atom. The van der Waals surface area contributed by atoms with Gasteiger partial charge in [0.05, 0.1) is 11.2 Å². The molecule has 6 nitrogen and oxygen atoms in total. The number of nitrogens with zero attached hydrogens (tertiary/aromatic N) is 1. The van der Waals surface area contributed by atoms with E-state index in [2.05, 4.69) is 5.32 Å². The van der Waals surface area contributed by atoms with Gasteiger partial charge < -0.3 is 9.73 Å². The lowest BCUT2D eigenvalue weighted by Gasteiger charge is -2.30. The van der Waals surface area contributed by atoms with Crippen LogP contribution < -0.4 is 5.32 Å². The van der Waals surface area contributed by atoms with E-state index in [1.165, 1.54) is 9.87 Å². The Bertz CT molecular complexity index is 929. The van der Waals surface area contributed by atoms with E-state index in [1.807, 2.05) is 24.3 Å². The first-order valence-electron chi connectivity index (χ1n) is 9.96. The number of carbonyl (C=O) groups is 1. The summed E-state index contributed by atoms with van der Waals surface area (Å²) in [6, 6.07) is 9.23. The molecule has 1 fully saturated rings. The number of benzene rings is 1. The van der Waals surface area contributed by atoms with Crippen molar-refractivity contribution in [3.05, 3.63) is 53.5 Å². The lowest BCUT2D eigenvalue weighted by molar-refractivity contribution is -0.126. The van der Waals surface area contributed by atoms with E-state index in [0.717, 1.165) is 30.6 Å². The average Bonchev–Trinajstić information content (AvgIpc) is 3.39. The van der Waals surface area contributed by atoms with Gasteiger partial charge in [0.15, 0.2) is 0 Å². The number of carbonyl (C=O) groups excluding carboxylic acids is 1. The molecule has 4 rings (SSSR count). The number of piperidine rings is 1. The molecular weight excluding hydrogens is 376 g/mol. The topological polar surface area (TPSA) is 79.6 Å². The number of hydrogen-bond acceptors (Lipinski definition) is 4. The summed E-state index contributed by atoms with van der Waals surface area (Å²) in [6.07, 6.45) is 6.47. The number of furan rings is 1. The second kappa shape index (κ2) is 8.09. The normalized spacial score (nSPS) is 18.1. The van der Waals surface area contributed by atoms with Crippen LogP contribution in [0.5, 0.6) is 0 Å². The Labute approximate surface area is 166 Å². The van der Waals surface area contributed by atoms with Crippen LogP contribution in [0.1, 0.15) is 36.1 Å². The Morgan fingerprint density at radius 3 is 2.68 bits per heavy atom. The molecule has 2 aromatic rings. The molecule has 0 spiro atoms. The first-order chi connectivity index (χ1) is 13.5. The van der Waals surface area contributed by atoms with Crippen molar-refractivity contribution in [2.24, 2.45) is 5.92 Å². The van der Waals surface area contributed by atoms with Gasteiger partial charge in [-0.25, -0.2) is 8.42 Å². The van der Waals surface area contributed by atoms with E-state index in [1.54, 1.807) is 12.3 Å². The SMILES string of the molecule is O=C(NCCc1ccco1)C1CCN(S(=O)(=O)c2ccc3c(c2)CCC3)CC1. The molecule has 1 amide bonds. The van der Waals surface area contributed by atoms with Crippen LogP contribution in [-0.4, -0.2) is 38.3 Å². The first kappa shape index (κ1) is 19.2. The number of amides is 1. The number of sulfonamides is 1. The highest BCUT2D eigenvalue weighted by Gasteiger charge is 2.32. The summed E-state index contributed by atoms with van der Waals surface area (Å²) in [5.74, 6) is 0.708. The minimum absolute atomic E-state index is 0.00105. The summed E-state index contributed by atoms with van der Waals surface area (Å²) in [4.78, 5) is 12.8. The van der Waals surface area contributed by atoms with Crippen LogP contribution in [0.2, 0.25) is 0 Å². The number of fused-ring (bicyclic) bond motifs is 1. The largest absolute Gasteiger partial charge is 0.469 e. The second-order valence-corrected chi connectivity index (χ2v) is 9.52. The summed E-state index contributed by atoms with van der Waals surface area (Å²) in [7, 11) is -3.49. The van der Waals surface area contributed by atoms with E-state index >= 15 is 0 Å². The van der Waals surface area contributed by atoms with Gasteiger partial charge in [0, 0.05) is 32.0 Å². The number of hydrogen-bond donors (Lipinski definition) is 1. The van der Waals surface area contributed by atoms with Gasteiger partial charge in [-0.15, -0.1) is 0 Å². The highest BCUT2D eigenvalue weighted by Crippen LogP contribution is 2.28. The van der Waals surface area contributed by atoms with Gasteiger partial charge in [0.25, 0.3) is 0 Å². The van der Waals surface area contributed by atoms with Crippen molar-refractivity contribution in [3.63, 3.8) is 0 Å². The van der Waals surface area contributed by atoms with Crippen LogP contribution in [0.25, 0.3) is 0 Å². The molecule has 2 heterocycles. The summed E-state index contributed by atoms with van der Waals surface area (Å²) in [6.45, 7) is 1.30. The van der Waals surface area contributed by atoms with Crippen molar-refractivity contribution >= 4 is 15.9 Å². The van der Waals surface area contributed by atoms with Crippen LogP contribution >= 0.6 is 0 Å². The van der Waals surface area contributed by atoms with E-state index < -0.39 is 10.0 Å². The standard InChI is InChI=1S/C21H26N2O4S/c24-21(22-11-8-19-5-2-14-27-19)17-9-12-23(13-10-17)28(25,26)20-7-6-16-3-1-4-18(16)15-20/h2,5-7,14-15,17H,1,3-4,8-13H2,(H,22,24). The second-order valence-electron chi connectivity index (χ2n) is 7.58. The van der Waals surface area contributed by atoms with Gasteiger partial charge in [-0.2, -0.15) is 4.31 Å². The Balaban J connectivity index is 1.31. The van der Waals surface area contributed by atoms with Crippen molar-refractivity contribution in [1.82, 2.24) is 9.62 Å². The number of nitrogens with one attached hydrogen (secondary N) is 1. The lowest BCUT2D eigenvalue weighted by atomic mass is 9.97. The molecule has 0 atom stereocenters. The van der Waals surface area contributed by atoms with Gasteiger partial charge in [-0.05, 0) is 67.5 Å². The highest BCUT2D eigenvalue weighted by molar-refractivity contribution is 7.89. The van der Waals surface area contributed by atoms with Gasteiger partial charge in [-0.1, -0.05) is 6.07 Å². The molecule has 1 saturated heterocycles. The minimum atomic E-state index is -3.49. The number of aryl methyl sites for hydroxylation is 2. The molecule has 28 heavy (non-hydrogen) atoms. The third-order valence-electron chi connectivity index (χ3n) is 5.78. The van der Waals surface area contributed by atoms with Crippen LogP contribution in [0.4, 0.5) is 0 Å². The van der Waals surface area contributed by atoms with Crippen LogP contribution in [0, 0.1) is 5.92 Å². The smallest absolute Gasteiger partial charge is 0.243 e. The fraction of sp³-hybridized carbons (Fsp3) is 0.476. The van der Waals surface area contributed by atoms with E-state index in [4.69, 9.17) is 4.42 Å². The van der Waals surface area contributed by atoms with Gasteiger partial charge >= 0.3 is 0 Å². The van der Waals surface area contributed by atoms with Gasteiger partial charge in [0.1, 0.15) is 5.76 Å². The predicted molar refractivity (Wildman–Crippen MR) is 105 cm³/mol.